The molecule has 1 rings (SSSR count). The number of nitrogens with zero attached hydrogens (tertiary/aromatic N) is 1. The standard InChI is InChI=1S/C8H14ClNO/c9-5-4-8(11)10-6-2-1-3-7-10/h1-7H2. The molecule has 0 aromatic carbocycles. The molecule has 0 unspecified atom stereocenters. The lowest BCUT2D eigenvalue weighted by molar-refractivity contribution is -0.131. The Morgan fingerprint density at radius 2 is 1.91 bits per heavy atom. The largest absolute Gasteiger partial charge is 0.343 e. The zero-order valence-corrected chi connectivity index (χ0v) is 7.44. The number of halogens is 1. The summed E-state index contributed by atoms with van der Waals surface area (Å²) in [6.07, 6.45) is 4.09. The van der Waals surface area contributed by atoms with Crippen LogP contribution >= 0.6 is 11.6 Å². The summed E-state index contributed by atoms with van der Waals surface area (Å²) in [5.74, 6) is 0.676. The topological polar surface area (TPSA) is 20.3 Å². The number of amides is 1. The van der Waals surface area contributed by atoms with Crippen molar-refractivity contribution in [1.29, 1.82) is 0 Å². The maximum absolute atomic E-state index is 11.2. The van der Waals surface area contributed by atoms with Gasteiger partial charge >= 0.3 is 0 Å². The SMILES string of the molecule is O=C(CCCl)N1CCCCC1. The van der Waals surface area contributed by atoms with Gasteiger partial charge in [-0.15, -0.1) is 11.6 Å². The van der Waals surface area contributed by atoms with Crippen LogP contribution in [0.2, 0.25) is 0 Å². The van der Waals surface area contributed by atoms with E-state index in [0.29, 0.717) is 12.3 Å². The van der Waals surface area contributed by atoms with E-state index in [9.17, 15) is 4.79 Å². The fourth-order valence-corrected chi connectivity index (χ4v) is 1.54. The molecular weight excluding hydrogens is 162 g/mol. The van der Waals surface area contributed by atoms with Crippen LogP contribution in [-0.2, 0) is 4.79 Å². The maximum Gasteiger partial charge on any atom is 0.223 e. The van der Waals surface area contributed by atoms with Crippen LogP contribution in [0.4, 0.5) is 0 Å². The van der Waals surface area contributed by atoms with Crippen LogP contribution in [0, 0.1) is 0 Å². The van der Waals surface area contributed by atoms with Crippen molar-refractivity contribution < 1.29 is 4.79 Å². The highest BCUT2D eigenvalue weighted by Gasteiger charge is 2.14. The van der Waals surface area contributed by atoms with Crippen molar-refractivity contribution in [2.24, 2.45) is 0 Å². The lowest BCUT2D eigenvalue weighted by atomic mass is 10.1. The van der Waals surface area contributed by atoms with Gasteiger partial charge in [0, 0.05) is 25.4 Å². The van der Waals surface area contributed by atoms with E-state index in [1.807, 2.05) is 4.90 Å². The van der Waals surface area contributed by atoms with Crippen LogP contribution in [0.15, 0.2) is 0 Å². The average Bonchev–Trinajstić information content (AvgIpc) is 2.07. The molecule has 1 saturated heterocycles. The molecule has 0 radical (unpaired) electrons. The Morgan fingerprint density at radius 1 is 1.27 bits per heavy atom. The summed E-state index contributed by atoms with van der Waals surface area (Å²) < 4.78 is 0. The molecule has 1 aliphatic heterocycles. The molecule has 2 nitrogen and oxygen atoms in total. The van der Waals surface area contributed by atoms with Gasteiger partial charge in [-0.3, -0.25) is 4.79 Å². The second-order valence-electron chi connectivity index (χ2n) is 2.88. The van der Waals surface area contributed by atoms with Gasteiger partial charge < -0.3 is 4.90 Å². The minimum atomic E-state index is 0.222. The van der Waals surface area contributed by atoms with Crippen molar-refractivity contribution in [3.63, 3.8) is 0 Å². The predicted molar refractivity (Wildman–Crippen MR) is 45.8 cm³/mol. The van der Waals surface area contributed by atoms with E-state index in [1.165, 1.54) is 6.42 Å². The predicted octanol–water partition coefficient (Wildman–Crippen LogP) is 1.63. The van der Waals surface area contributed by atoms with Gasteiger partial charge in [0.2, 0.25) is 5.91 Å². The van der Waals surface area contributed by atoms with Crippen molar-refractivity contribution in [3.05, 3.63) is 0 Å². The van der Waals surface area contributed by atoms with Crippen molar-refractivity contribution in [2.45, 2.75) is 25.7 Å². The number of hydrogen-bond donors (Lipinski definition) is 0. The summed E-state index contributed by atoms with van der Waals surface area (Å²) in [6.45, 7) is 1.88. The van der Waals surface area contributed by atoms with Crippen LogP contribution in [0.1, 0.15) is 25.7 Å². The van der Waals surface area contributed by atoms with Gasteiger partial charge in [0.05, 0.1) is 0 Å². The second-order valence-corrected chi connectivity index (χ2v) is 3.26. The molecule has 1 fully saturated rings. The summed E-state index contributed by atoms with van der Waals surface area (Å²) in [5, 5.41) is 0. The molecule has 3 heteroatoms. The Morgan fingerprint density at radius 3 is 2.45 bits per heavy atom. The van der Waals surface area contributed by atoms with Crippen molar-refractivity contribution >= 4 is 17.5 Å². The fourth-order valence-electron chi connectivity index (χ4n) is 1.38. The summed E-state index contributed by atoms with van der Waals surface area (Å²) >= 11 is 5.47. The van der Waals surface area contributed by atoms with Crippen LogP contribution in [-0.4, -0.2) is 29.8 Å². The highest BCUT2D eigenvalue weighted by atomic mass is 35.5. The van der Waals surface area contributed by atoms with Gasteiger partial charge in [0.25, 0.3) is 0 Å². The molecule has 0 spiro atoms. The number of carbonyl (C=O) groups is 1. The van der Waals surface area contributed by atoms with Crippen molar-refractivity contribution in [2.75, 3.05) is 19.0 Å². The Labute approximate surface area is 72.5 Å². The molecule has 64 valence electrons. The molecule has 1 aliphatic rings. The van der Waals surface area contributed by atoms with Crippen LogP contribution in [0.25, 0.3) is 0 Å². The van der Waals surface area contributed by atoms with E-state index in [-0.39, 0.29) is 5.91 Å². The van der Waals surface area contributed by atoms with E-state index in [1.54, 1.807) is 0 Å². The highest BCUT2D eigenvalue weighted by Crippen LogP contribution is 2.09. The third kappa shape index (κ3) is 2.70. The first-order valence-corrected chi connectivity index (χ1v) is 4.72. The van der Waals surface area contributed by atoms with Gasteiger partial charge in [-0.1, -0.05) is 0 Å². The lowest BCUT2D eigenvalue weighted by Gasteiger charge is -2.26. The minimum Gasteiger partial charge on any atom is -0.343 e. The monoisotopic (exact) mass is 175 g/mol. The zero-order chi connectivity index (χ0) is 8.10. The summed E-state index contributed by atoms with van der Waals surface area (Å²) in [6, 6.07) is 0. The molecule has 1 amide bonds. The quantitative estimate of drug-likeness (QED) is 0.585. The minimum absolute atomic E-state index is 0.222. The first-order valence-electron chi connectivity index (χ1n) is 4.18. The Hall–Kier alpha value is -0.240. The molecule has 0 saturated carbocycles. The molecule has 0 aliphatic carbocycles. The summed E-state index contributed by atoms with van der Waals surface area (Å²) in [5.41, 5.74) is 0. The molecule has 0 bridgehead atoms. The molecule has 0 aromatic heterocycles. The Balaban J connectivity index is 2.27. The molecule has 0 atom stereocenters. The number of carbonyl (C=O) groups excluding carboxylic acids is 1. The van der Waals surface area contributed by atoms with Gasteiger partial charge in [-0.2, -0.15) is 0 Å². The van der Waals surface area contributed by atoms with E-state index in [2.05, 4.69) is 0 Å². The molecule has 1 heterocycles. The van der Waals surface area contributed by atoms with Crippen molar-refractivity contribution in [3.8, 4) is 0 Å². The maximum atomic E-state index is 11.2. The zero-order valence-electron chi connectivity index (χ0n) is 6.68. The second kappa shape index (κ2) is 4.60. The molecule has 0 N–H and O–H groups in total. The van der Waals surface area contributed by atoms with Gasteiger partial charge in [-0.05, 0) is 19.3 Å². The number of piperidine rings is 1. The van der Waals surface area contributed by atoms with Gasteiger partial charge in [-0.25, -0.2) is 0 Å². The lowest BCUT2D eigenvalue weighted by Crippen LogP contribution is -2.35. The Kier molecular flexibility index (Phi) is 3.70. The first-order chi connectivity index (χ1) is 5.34. The molecular formula is C8H14ClNO. The number of alkyl halides is 1. The smallest absolute Gasteiger partial charge is 0.223 e. The van der Waals surface area contributed by atoms with Crippen molar-refractivity contribution in [1.82, 2.24) is 4.90 Å². The Bertz CT molecular complexity index is 132. The average molecular weight is 176 g/mol. The van der Waals surface area contributed by atoms with Gasteiger partial charge in [0.1, 0.15) is 0 Å². The number of hydrogen-bond acceptors (Lipinski definition) is 1. The summed E-state index contributed by atoms with van der Waals surface area (Å²) in [4.78, 5) is 13.2. The fraction of sp³-hybridized carbons (Fsp3) is 0.875. The number of likely N-dealkylation sites (tertiary alicyclic amines) is 1. The summed E-state index contributed by atoms with van der Waals surface area (Å²) in [7, 11) is 0. The van der Waals surface area contributed by atoms with E-state index in [0.717, 1.165) is 25.9 Å². The van der Waals surface area contributed by atoms with E-state index >= 15 is 0 Å². The molecule has 0 aromatic rings. The van der Waals surface area contributed by atoms with Crippen LogP contribution < -0.4 is 0 Å². The highest BCUT2D eigenvalue weighted by molar-refractivity contribution is 6.18. The molecule has 11 heavy (non-hydrogen) atoms. The third-order valence-corrected chi connectivity index (χ3v) is 2.21. The van der Waals surface area contributed by atoms with E-state index in [4.69, 9.17) is 11.6 Å². The van der Waals surface area contributed by atoms with Crippen LogP contribution in [0.5, 0.6) is 0 Å². The first kappa shape index (κ1) is 8.85. The normalized spacial score (nSPS) is 18.5. The number of rotatable bonds is 2. The van der Waals surface area contributed by atoms with Crippen LogP contribution in [0.3, 0.4) is 0 Å². The van der Waals surface area contributed by atoms with E-state index < -0.39 is 0 Å². The van der Waals surface area contributed by atoms with Gasteiger partial charge in [0.15, 0.2) is 0 Å². The third-order valence-electron chi connectivity index (χ3n) is 2.02.